The Hall–Kier alpha value is -2.61. The van der Waals surface area contributed by atoms with Gasteiger partial charge in [0.05, 0.1) is 7.11 Å². The Kier molecular flexibility index (Phi) is 4.39. The molecule has 0 saturated carbocycles. The number of fused-ring (bicyclic) bond motifs is 1. The Labute approximate surface area is 142 Å². The molecule has 0 atom stereocenters. The van der Waals surface area contributed by atoms with Crippen molar-refractivity contribution in [3.63, 3.8) is 0 Å². The number of ether oxygens (including phenoxy) is 1. The van der Waals surface area contributed by atoms with E-state index in [1.807, 2.05) is 12.1 Å². The third-order valence-electron chi connectivity index (χ3n) is 3.79. The second-order valence-corrected chi connectivity index (χ2v) is 5.78. The minimum Gasteiger partial charge on any atom is -0.468 e. The van der Waals surface area contributed by atoms with Crippen LogP contribution in [0.3, 0.4) is 0 Å². The number of rotatable bonds is 4. The summed E-state index contributed by atoms with van der Waals surface area (Å²) in [5.74, 6) is -0.918. The number of amides is 1. The minimum absolute atomic E-state index is 0.0316. The third kappa shape index (κ3) is 3.05. The summed E-state index contributed by atoms with van der Waals surface area (Å²) in [6.07, 6.45) is 0. The molecule has 0 unspecified atom stereocenters. The monoisotopic (exact) mass is 350 g/mol. The van der Waals surface area contributed by atoms with Crippen molar-refractivity contribution in [1.29, 1.82) is 0 Å². The fraction of sp³-hybridized carbons (Fsp3) is 0.333. The van der Waals surface area contributed by atoms with Crippen molar-refractivity contribution >= 4 is 23.5 Å². The van der Waals surface area contributed by atoms with Crippen LogP contribution >= 0.6 is 11.6 Å². The molecule has 0 aliphatic carbocycles. The minimum atomic E-state index is -0.599. The van der Waals surface area contributed by atoms with Crippen molar-refractivity contribution < 1.29 is 14.3 Å². The fourth-order valence-electron chi connectivity index (χ4n) is 2.52. The first-order valence-corrected chi connectivity index (χ1v) is 7.65. The van der Waals surface area contributed by atoms with E-state index in [4.69, 9.17) is 11.6 Å². The van der Waals surface area contributed by atoms with Crippen LogP contribution in [0.4, 0.5) is 0 Å². The molecule has 1 amide bonds. The van der Waals surface area contributed by atoms with Crippen molar-refractivity contribution in [1.82, 2.24) is 19.2 Å². The molecule has 1 aromatic carbocycles. The van der Waals surface area contributed by atoms with Crippen molar-refractivity contribution in [2.75, 3.05) is 13.7 Å². The van der Waals surface area contributed by atoms with Gasteiger partial charge in [-0.3, -0.25) is 14.2 Å². The molecule has 24 heavy (non-hydrogen) atoms. The summed E-state index contributed by atoms with van der Waals surface area (Å²) < 4.78 is 6.75. The van der Waals surface area contributed by atoms with Gasteiger partial charge in [-0.05, 0) is 17.7 Å². The number of carbonyl (C=O) groups excluding carboxylic acids is 2. The van der Waals surface area contributed by atoms with Gasteiger partial charge in [-0.1, -0.05) is 23.7 Å². The molecule has 9 heteroatoms. The highest BCUT2D eigenvalue weighted by Crippen LogP contribution is 2.15. The predicted octanol–water partition coefficient (Wildman–Crippen LogP) is 0.527. The van der Waals surface area contributed by atoms with Crippen molar-refractivity contribution in [3.8, 4) is 0 Å². The van der Waals surface area contributed by atoms with Gasteiger partial charge in [-0.2, -0.15) is 0 Å². The van der Waals surface area contributed by atoms with Crippen LogP contribution in [0.5, 0.6) is 0 Å². The average molecular weight is 351 g/mol. The molecular formula is C15H15ClN4O4. The lowest BCUT2D eigenvalue weighted by Gasteiger charge is -2.26. The van der Waals surface area contributed by atoms with Gasteiger partial charge in [0.25, 0.3) is 5.91 Å². The Bertz CT molecular complexity index is 840. The van der Waals surface area contributed by atoms with E-state index in [1.54, 1.807) is 17.0 Å². The van der Waals surface area contributed by atoms with Gasteiger partial charge >= 0.3 is 11.7 Å². The first-order chi connectivity index (χ1) is 11.5. The molecular weight excluding hydrogens is 336 g/mol. The van der Waals surface area contributed by atoms with Crippen LogP contribution in [0.2, 0.25) is 5.02 Å². The fourth-order valence-corrected chi connectivity index (χ4v) is 2.64. The first-order valence-electron chi connectivity index (χ1n) is 7.28. The molecule has 0 fully saturated rings. The van der Waals surface area contributed by atoms with E-state index in [0.29, 0.717) is 24.7 Å². The standard InChI is InChI=1S/C15H15ClN4O4/c1-24-12(21)9-20-15(23)19-7-6-18(14(22)13(19)17-20)8-10-2-4-11(16)5-3-10/h2-5H,6-9H2,1H3. The van der Waals surface area contributed by atoms with E-state index in [9.17, 15) is 14.4 Å². The van der Waals surface area contributed by atoms with E-state index in [2.05, 4.69) is 9.84 Å². The second kappa shape index (κ2) is 6.48. The quantitative estimate of drug-likeness (QED) is 0.751. The zero-order valence-electron chi connectivity index (χ0n) is 12.9. The maximum Gasteiger partial charge on any atom is 0.346 e. The van der Waals surface area contributed by atoms with Gasteiger partial charge in [-0.15, -0.1) is 5.10 Å². The lowest BCUT2D eigenvalue weighted by molar-refractivity contribution is -0.141. The Morgan fingerprint density at radius 3 is 2.62 bits per heavy atom. The van der Waals surface area contributed by atoms with E-state index >= 15 is 0 Å². The number of benzene rings is 1. The molecule has 1 aliphatic rings. The first kappa shape index (κ1) is 16.3. The topological polar surface area (TPSA) is 86.4 Å². The van der Waals surface area contributed by atoms with Crippen LogP contribution in [0.15, 0.2) is 29.1 Å². The van der Waals surface area contributed by atoms with E-state index in [1.165, 1.54) is 11.7 Å². The summed E-state index contributed by atoms with van der Waals surface area (Å²) >= 11 is 5.85. The van der Waals surface area contributed by atoms with Crippen LogP contribution in [0, 0.1) is 0 Å². The number of methoxy groups -OCH3 is 1. The average Bonchev–Trinajstić information content (AvgIpc) is 2.89. The molecule has 0 N–H and O–H groups in total. The molecule has 0 radical (unpaired) electrons. The molecule has 3 rings (SSSR count). The molecule has 2 aromatic rings. The van der Waals surface area contributed by atoms with E-state index in [-0.39, 0.29) is 18.3 Å². The number of nitrogens with zero attached hydrogens (tertiary/aromatic N) is 4. The molecule has 126 valence electrons. The molecule has 2 heterocycles. The van der Waals surface area contributed by atoms with Crippen LogP contribution in [0.1, 0.15) is 16.2 Å². The summed E-state index contributed by atoms with van der Waals surface area (Å²) in [6.45, 7) is 0.792. The van der Waals surface area contributed by atoms with Gasteiger partial charge in [0.15, 0.2) is 0 Å². The van der Waals surface area contributed by atoms with E-state index < -0.39 is 11.7 Å². The molecule has 1 aliphatic heterocycles. The number of esters is 1. The maximum atomic E-state index is 12.6. The van der Waals surface area contributed by atoms with Gasteiger partial charge in [0.2, 0.25) is 5.82 Å². The highest BCUT2D eigenvalue weighted by molar-refractivity contribution is 6.30. The number of halogens is 1. The van der Waals surface area contributed by atoms with Crippen molar-refractivity contribution in [2.24, 2.45) is 0 Å². The molecule has 0 spiro atoms. The maximum absolute atomic E-state index is 12.6. The van der Waals surface area contributed by atoms with Crippen LogP contribution in [-0.4, -0.2) is 44.8 Å². The SMILES string of the molecule is COC(=O)Cn1nc2n(c1=O)CCN(Cc1ccc(Cl)cc1)C2=O. The number of aromatic nitrogens is 3. The number of hydrogen-bond acceptors (Lipinski definition) is 5. The highest BCUT2D eigenvalue weighted by atomic mass is 35.5. The molecule has 0 saturated heterocycles. The van der Waals surface area contributed by atoms with Gasteiger partial charge < -0.3 is 9.64 Å². The van der Waals surface area contributed by atoms with Crippen molar-refractivity contribution in [2.45, 2.75) is 19.6 Å². The Morgan fingerprint density at radius 1 is 1.25 bits per heavy atom. The summed E-state index contributed by atoms with van der Waals surface area (Å²) in [4.78, 5) is 37.7. The molecule has 1 aromatic heterocycles. The van der Waals surface area contributed by atoms with Crippen LogP contribution in [0.25, 0.3) is 0 Å². The predicted molar refractivity (Wildman–Crippen MR) is 84.7 cm³/mol. The van der Waals surface area contributed by atoms with Crippen LogP contribution in [-0.2, 0) is 29.2 Å². The third-order valence-corrected chi connectivity index (χ3v) is 4.04. The lowest BCUT2D eigenvalue weighted by Crippen LogP contribution is -2.42. The molecule has 8 nitrogen and oxygen atoms in total. The van der Waals surface area contributed by atoms with Gasteiger partial charge in [-0.25, -0.2) is 9.48 Å². The summed E-state index contributed by atoms with van der Waals surface area (Å²) in [6, 6.07) is 7.19. The number of carbonyl (C=O) groups is 2. The lowest BCUT2D eigenvalue weighted by atomic mass is 10.2. The smallest absolute Gasteiger partial charge is 0.346 e. The Morgan fingerprint density at radius 2 is 1.96 bits per heavy atom. The van der Waals surface area contributed by atoms with Crippen molar-refractivity contribution in [3.05, 3.63) is 51.2 Å². The largest absolute Gasteiger partial charge is 0.468 e. The zero-order chi connectivity index (χ0) is 17.3. The zero-order valence-corrected chi connectivity index (χ0v) is 13.7. The highest BCUT2D eigenvalue weighted by Gasteiger charge is 2.30. The summed E-state index contributed by atoms with van der Waals surface area (Å²) in [7, 11) is 1.22. The second-order valence-electron chi connectivity index (χ2n) is 5.34. The van der Waals surface area contributed by atoms with Gasteiger partial charge in [0, 0.05) is 24.7 Å². The Balaban J connectivity index is 1.82. The normalized spacial score (nSPS) is 13.8. The molecule has 0 bridgehead atoms. The van der Waals surface area contributed by atoms with Gasteiger partial charge in [0.1, 0.15) is 6.54 Å². The number of hydrogen-bond donors (Lipinski definition) is 0. The van der Waals surface area contributed by atoms with Crippen LogP contribution < -0.4 is 5.69 Å². The summed E-state index contributed by atoms with van der Waals surface area (Å²) in [5, 5.41) is 4.60. The summed E-state index contributed by atoms with van der Waals surface area (Å²) in [5.41, 5.74) is 0.437. The van der Waals surface area contributed by atoms with E-state index in [0.717, 1.165) is 10.2 Å².